The topological polar surface area (TPSA) is 64.1 Å². The molecule has 20 heavy (non-hydrogen) atoms. The molecule has 1 heterocycles. The molecule has 106 valence electrons. The molecule has 1 amide bonds. The first kappa shape index (κ1) is 14.3. The van der Waals surface area contributed by atoms with Gasteiger partial charge in [0.2, 0.25) is 5.13 Å². The zero-order valence-corrected chi connectivity index (χ0v) is 10.9. The van der Waals surface area contributed by atoms with E-state index in [1.807, 2.05) is 0 Å². The molecular formula is C11H8F3N3O2S. The number of para-hydroxylation sites is 1. The van der Waals surface area contributed by atoms with Crippen molar-refractivity contribution >= 4 is 22.6 Å². The fraction of sp³-hybridized carbons (Fsp3) is 0.182. The highest BCUT2D eigenvalue weighted by Crippen LogP contribution is 2.27. The molecule has 0 aliphatic rings. The Morgan fingerprint density at radius 1 is 1.35 bits per heavy atom. The molecule has 0 unspecified atom stereocenters. The number of alkyl halides is 3. The van der Waals surface area contributed by atoms with Crippen LogP contribution in [-0.2, 0) is 0 Å². The number of carbonyl (C=O) groups excluding carboxylic acids is 1. The van der Waals surface area contributed by atoms with Crippen molar-refractivity contribution in [3.05, 3.63) is 35.7 Å². The van der Waals surface area contributed by atoms with Crippen molar-refractivity contribution in [2.75, 3.05) is 5.32 Å². The van der Waals surface area contributed by atoms with Gasteiger partial charge in [0.05, 0.1) is 5.56 Å². The van der Waals surface area contributed by atoms with Gasteiger partial charge in [-0.15, -0.1) is 13.2 Å². The van der Waals surface area contributed by atoms with Crippen LogP contribution in [0.1, 0.15) is 16.2 Å². The number of nitrogens with zero attached hydrogens (tertiary/aromatic N) is 2. The van der Waals surface area contributed by atoms with Crippen molar-refractivity contribution in [1.29, 1.82) is 0 Å². The van der Waals surface area contributed by atoms with Crippen LogP contribution in [0, 0.1) is 6.92 Å². The number of ether oxygens (including phenoxy) is 1. The molecule has 0 spiro atoms. The number of aryl methyl sites for hydroxylation is 1. The number of benzene rings is 1. The van der Waals surface area contributed by atoms with Crippen molar-refractivity contribution in [2.24, 2.45) is 0 Å². The molecule has 5 nitrogen and oxygen atoms in total. The second-order valence-corrected chi connectivity index (χ2v) is 4.40. The van der Waals surface area contributed by atoms with Crippen LogP contribution in [0.15, 0.2) is 24.3 Å². The van der Waals surface area contributed by atoms with Gasteiger partial charge in [0.15, 0.2) is 0 Å². The molecule has 0 radical (unpaired) electrons. The predicted octanol–water partition coefficient (Wildman–Crippen LogP) is 3.00. The lowest BCUT2D eigenvalue weighted by atomic mass is 10.2. The van der Waals surface area contributed by atoms with E-state index in [1.165, 1.54) is 18.2 Å². The summed E-state index contributed by atoms with van der Waals surface area (Å²) in [5.74, 6) is -0.857. The smallest absolute Gasteiger partial charge is 0.405 e. The number of hydrogen-bond donors (Lipinski definition) is 1. The number of aromatic nitrogens is 2. The third-order valence-electron chi connectivity index (χ3n) is 2.11. The Balaban J connectivity index is 2.21. The average Bonchev–Trinajstić information content (AvgIpc) is 2.73. The number of anilines is 1. The summed E-state index contributed by atoms with van der Waals surface area (Å²) >= 11 is 0.935. The molecule has 9 heteroatoms. The van der Waals surface area contributed by atoms with Gasteiger partial charge in [0.25, 0.3) is 5.91 Å². The van der Waals surface area contributed by atoms with E-state index in [2.05, 4.69) is 19.4 Å². The highest BCUT2D eigenvalue weighted by molar-refractivity contribution is 7.09. The van der Waals surface area contributed by atoms with E-state index < -0.39 is 18.0 Å². The van der Waals surface area contributed by atoms with E-state index in [9.17, 15) is 18.0 Å². The zero-order chi connectivity index (χ0) is 14.8. The minimum atomic E-state index is -4.87. The van der Waals surface area contributed by atoms with Crippen LogP contribution in [0.3, 0.4) is 0 Å². The Bertz CT molecular complexity index is 627. The highest BCUT2D eigenvalue weighted by Gasteiger charge is 2.32. The van der Waals surface area contributed by atoms with E-state index in [4.69, 9.17) is 0 Å². The van der Waals surface area contributed by atoms with Crippen molar-refractivity contribution < 1.29 is 22.7 Å². The summed E-state index contributed by atoms with van der Waals surface area (Å²) in [7, 11) is 0. The van der Waals surface area contributed by atoms with E-state index in [0.717, 1.165) is 17.6 Å². The normalized spacial score (nSPS) is 11.2. The third kappa shape index (κ3) is 3.67. The molecule has 1 aromatic carbocycles. The second-order valence-electron chi connectivity index (χ2n) is 3.64. The summed E-state index contributed by atoms with van der Waals surface area (Å²) in [4.78, 5) is 15.8. The van der Waals surface area contributed by atoms with Gasteiger partial charge in [-0.05, 0) is 19.1 Å². The lowest BCUT2D eigenvalue weighted by Crippen LogP contribution is -2.20. The highest BCUT2D eigenvalue weighted by atomic mass is 32.1. The minimum Gasteiger partial charge on any atom is -0.405 e. The molecule has 0 bridgehead atoms. The molecule has 1 N–H and O–H groups in total. The zero-order valence-electron chi connectivity index (χ0n) is 10.1. The maximum absolute atomic E-state index is 12.2. The lowest BCUT2D eigenvalue weighted by molar-refractivity contribution is -0.274. The Morgan fingerprint density at radius 2 is 2.05 bits per heavy atom. The molecule has 2 rings (SSSR count). The monoisotopic (exact) mass is 303 g/mol. The molecule has 0 saturated carbocycles. The molecule has 0 atom stereocenters. The Morgan fingerprint density at radius 3 is 2.65 bits per heavy atom. The summed E-state index contributed by atoms with van der Waals surface area (Å²) < 4.78 is 44.4. The number of nitrogens with one attached hydrogen (secondary N) is 1. The van der Waals surface area contributed by atoms with E-state index in [1.54, 1.807) is 6.92 Å². The SMILES string of the molecule is Cc1nsc(NC(=O)c2ccccc2OC(F)(F)F)n1. The summed E-state index contributed by atoms with van der Waals surface area (Å²) in [5.41, 5.74) is -0.238. The van der Waals surface area contributed by atoms with Crippen LogP contribution in [0.4, 0.5) is 18.3 Å². The van der Waals surface area contributed by atoms with Crippen molar-refractivity contribution in [3.63, 3.8) is 0 Å². The van der Waals surface area contributed by atoms with Gasteiger partial charge >= 0.3 is 6.36 Å². The van der Waals surface area contributed by atoms with Gasteiger partial charge in [-0.2, -0.15) is 4.37 Å². The van der Waals surface area contributed by atoms with E-state index >= 15 is 0 Å². The Kier molecular flexibility index (Phi) is 3.89. The number of amides is 1. The van der Waals surface area contributed by atoms with E-state index in [0.29, 0.717) is 5.82 Å². The molecule has 2 aromatic rings. The minimum absolute atomic E-state index is 0.203. The lowest BCUT2D eigenvalue weighted by Gasteiger charge is -2.12. The standard InChI is InChI=1S/C11H8F3N3O2S/c1-6-15-10(20-17-6)16-9(18)7-4-2-3-5-8(7)19-11(12,13)14/h2-5H,1H3,(H,15,16,17,18). The fourth-order valence-corrected chi connectivity index (χ4v) is 1.95. The summed E-state index contributed by atoms with van der Waals surface area (Å²) in [5, 5.41) is 2.57. The van der Waals surface area contributed by atoms with Crippen LogP contribution in [0.5, 0.6) is 5.75 Å². The Labute approximate surface area is 115 Å². The summed E-state index contributed by atoms with van der Waals surface area (Å²) in [6, 6.07) is 5.06. The first-order chi connectivity index (χ1) is 9.35. The van der Waals surface area contributed by atoms with Gasteiger partial charge in [0.1, 0.15) is 11.6 Å². The Hall–Kier alpha value is -2.16. The number of carbonyl (C=O) groups is 1. The van der Waals surface area contributed by atoms with Crippen LogP contribution in [0.2, 0.25) is 0 Å². The first-order valence-corrected chi connectivity index (χ1v) is 6.09. The van der Waals surface area contributed by atoms with Crippen molar-refractivity contribution in [3.8, 4) is 5.75 Å². The summed E-state index contributed by atoms with van der Waals surface area (Å²) in [6.07, 6.45) is -4.87. The summed E-state index contributed by atoms with van der Waals surface area (Å²) in [6.45, 7) is 1.63. The molecule has 0 fully saturated rings. The quantitative estimate of drug-likeness (QED) is 0.946. The predicted molar refractivity (Wildman–Crippen MR) is 65.7 cm³/mol. The molecule has 1 aromatic heterocycles. The first-order valence-electron chi connectivity index (χ1n) is 5.31. The van der Waals surface area contributed by atoms with Gasteiger partial charge < -0.3 is 4.74 Å². The number of hydrogen-bond acceptors (Lipinski definition) is 5. The van der Waals surface area contributed by atoms with Crippen LogP contribution < -0.4 is 10.1 Å². The average molecular weight is 303 g/mol. The van der Waals surface area contributed by atoms with Crippen LogP contribution >= 0.6 is 11.5 Å². The van der Waals surface area contributed by atoms with E-state index in [-0.39, 0.29) is 10.7 Å². The number of halogens is 3. The third-order valence-corrected chi connectivity index (χ3v) is 2.83. The molecule has 0 saturated heterocycles. The maximum Gasteiger partial charge on any atom is 0.573 e. The largest absolute Gasteiger partial charge is 0.573 e. The molecule has 0 aliphatic heterocycles. The molecular weight excluding hydrogens is 295 g/mol. The molecule has 0 aliphatic carbocycles. The fourth-order valence-electron chi connectivity index (χ4n) is 1.38. The maximum atomic E-state index is 12.2. The van der Waals surface area contributed by atoms with Crippen molar-refractivity contribution in [2.45, 2.75) is 13.3 Å². The second kappa shape index (κ2) is 5.45. The van der Waals surface area contributed by atoms with Gasteiger partial charge in [-0.3, -0.25) is 10.1 Å². The van der Waals surface area contributed by atoms with Crippen LogP contribution in [-0.4, -0.2) is 21.6 Å². The van der Waals surface area contributed by atoms with Gasteiger partial charge in [0, 0.05) is 11.5 Å². The van der Waals surface area contributed by atoms with Gasteiger partial charge in [-0.25, -0.2) is 4.98 Å². The van der Waals surface area contributed by atoms with Crippen LogP contribution in [0.25, 0.3) is 0 Å². The van der Waals surface area contributed by atoms with Crippen molar-refractivity contribution in [1.82, 2.24) is 9.36 Å². The number of rotatable bonds is 3. The van der Waals surface area contributed by atoms with Gasteiger partial charge in [-0.1, -0.05) is 12.1 Å².